The van der Waals surface area contributed by atoms with Crippen molar-refractivity contribution in [1.29, 1.82) is 0 Å². The van der Waals surface area contributed by atoms with Crippen LogP contribution in [0.5, 0.6) is 0 Å². The highest BCUT2D eigenvalue weighted by Crippen LogP contribution is 2.25. The van der Waals surface area contributed by atoms with Gasteiger partial charge in [-0.25, -0.2) is 8.78 Å². The largest absolute Gasteiger partial charge is 0.248 e. The molecule has 0 amide bonds. The summed E-state index contributed by atoms with van der Waals surface area (Å²) in [7, 11) is 0. The van der Waals surface area contributed by atoms with Crippen LogP contribution >= 0.6 is 0 Å². The Bertz CT molecular complexity index is 196. The molecule has 0 unspecified atom stereocenters. The molecule has 0 heterocycles. The molecule has 0 saturated heterocycles. The molecule has 0 fully saturated rings. The number of halogens is 2. The first-order valence-electron chi connectivity index (χ1n) is 9.90. The Morgan fingerprint density at radius 3 is 1.09 bits per heavy atom. The van der Waals surface area contributed by atoms with Gasteiger partial charge in [-0.15, -0.1) is 0 Å². The molecule has 0 nitrogen and oxygen atoms in total. The van der Waals surface area contributed by atoms with Crippen LogP contribution in [0.4, 0.5) is 8.78 Å². The van der Waals surface area contributed by atoms with E-state index in [0.29, 0.717) is 0 Å². The van der Waals surface area contributed by atoms with Crippen molar-refractivity contribution >= 4 is 0 Å². The van der Waals surface area contributed by atoms with Crippen LogP contribution in [-0.4, -0.2) is 5.92 Å². The van der Waals surface area contributed by atoms with Crippen molar-refractivity contribution in [3.8, 4) is 0 Å². The predicted molar refractivity (Wildman–Crippen MR) is 103 cm³/mol. The standard InChI is InChI=1S/C7H14F2.2C7H16/c1-4-7(8,9)5-6(2)3;2*1-4-5-6-7(2)3/h6H,4-5H2,1-3H3;2*7H,4-6H2,1-3H3. The number of hydrogen-bond acceptors (Lipinski definition) is 0. The Labute approximate surface area is 146 Å². The van der Waals surface area contributed by atoms with Gasteiger partial charge in [-0.05, 0) is 17.8 Å². The van der Waals surface area contributed by atoms with Crippen molar-refractivity contribution in [2.45, 2.75) is 120 Å². The monoisotopic (exact) mass is 336 g/mol. The van der Waals surface area contributed by atoms with E-state index in [2.05, 4.69) is 41.5 Å². The summed E-state index contributed by atoms with van der Waals surface area (Å²) in [5, 5.41) is 0. The second-order valence-corrected chi connectivity index (χ2v) is 7.88. The molecule has 0 rings (SSSR count). The first kappa shape index (κ1) is 27.7. The summed E-state index contributed by atoms with van der Waals surface area (Å²) in [5.41, 5.74) is 0. The van der Waals surface area contributed by atoms with Crippen LogP contribution in [0.2, 0.25) is 0 Å². The third-order valence-corrected chi connectivity index (χ3v) is 3.49. The number of hydrogen-bond donors (Lipinski definition) is 0. The van der Waals surface area contributed by atoms with Crippen LogP contribution in [0, 0.1) is 17.8 Å². The molecule has 0 aromatic heterocycles. The van der Waals surface area contributed by atoms with E-state index in [4.69, 9.17) is 0 Å². The van der Waals surface area contributed by atoms with Crippen molar-refractivity contribution in [2.24, 2.45) is 17.8 Å². The van der Waals surface area contributed by atoms with Crippen LogP contribution < -0.4 is 0 Å². The second kappa shape index (κ2) is 18.2. The minimum absolute atomic E-state index is 0.0174. The molecule has 0 radical (unpaired) electrons. The molecule has 0 spiro atoms. The van der Waals surface area contributed by atoms with Crippen molar-refractivity contribution < 1.29 is 8.78 Å². The molecule has 144 valence electrons. The van der Waals surface area contributed by atoms with Crippen LogP contribution in [0.1, 0.15) is 114 Å². The lowest BCUT2D eigenvalue weighted by Crippen LogP contribution is -2.16. The van der Waals surface area contributed by atoms with Crippen molar-refractivity contribution in [3.63, 3.8) is 0 Å². The fraction of sp³-hybridized carbons (Fsp3) is 1.00. The van der Waals surface area contributed by atoms with Gasteiger partial charge in [-0.3, -0.25) is 0 Å². The average Bonchev–Trinajstić information content (AvgIpc) is 2.43. The van der Waals surface area contributed by atoms with Crippen LogP contribution in [0.15, 0.2) is 0 Å². The van der Waals surface area contributed by atoms with E-state index in [1.54, 1.807) is 0 Å². The van der Waals surface area contributed by atoms with Crippen LogP contribution in [0.3, 0.4) is 0 Å². The third kappa shape index (κ3) is 34.3. The van der Waals surface area contributed by atoms with Crippen molar-refractivity contribution in [1.82, 2.24) is 0 Å². The molecular formula is C21H46F2. The molecule has 0 aliphatic rings. The first-order valence-corrected chi connectivity index (χ1v) is 9.90. The topological polar surface area (TPSA) is 0 Å². The lowest BCUT2D eigenvalue weighted by Gasteiger charge is -2.15. The summed E-state index contributed by atoms with van der Waals surface area (Å²) < 4.78 is 24.8. The maximum absolute atomic E-state index is 12.4. The second-order valence-electron chi connectivity index (χ2n) is 7.88. The SMILES string of the molecule is CCC(F)(F)CC(C)C.CCCCC(C)C.CCCCC(C)C. The summed E-state index contributed by atoms with van der Waals surface area (Å²) in [6.45, 7) is 18.7. The Balaban J connectivity index is -0.000000264. The Morgan fingerprint density at radius 2 is 1.00 bits per heavy atom. The molecular weight excluding hydrogens is 290 g/mol. The molecule has 0 aliphatic carbocycles. The van der Waals surface area contributed by atoms with E-state index in [0.717, 1.165) is 11.8 Å². The number of alkyl halides is 2. The van der Waals surface area contributed by atoms with E-state index in [1.165, 1.54) is 45.4 Å². The zero-order chi connectivity index (χ0) is 18.9. The van der Waals surface area contributed by atoms with E-state index < -0.39 is 5.92 Å². The maximum atomic E-state index is 12.4. The van der Waals surface area contributed by atoms with Gasteiger partial charge in [0.15, 0.2) is 0 Å². The molecule has 0 atom stereocenters. The fourth-order valence-corrected chi connectivity index (χ4v) is 1.97. The van der Waals surface area contributed by atoms with Crippen molar-refractivity contribution in [2.75, 3.05) is 0 Å². The molecule has 23 heavy (non-hydrogen) atoms. The zero-order valence-corrected chi connectivity index (χ0v) is 17.6. The summed E-state index contributed by atoms with van der Waals surface area (Å²) in [5.74, 6) is -0.534. The van der Waals surface area contributed by atoms with Gasteiger partial charge in [0.2, 0.25) is 5.92 Å². The molecule has 2 heteroatoms. The fourth-order valence-electron chi connectivity index (χ4n) is 1.97. The predicted octanol–water partition coefficient (Wildman–Crippen LogP) is 8.74. The Kier molecular flexibility index (Phi) is 21.9. The minimum atomic E-state index is -2.44. The maximum Gasteiger partial charge on any atom is 0.248 e. The lowest BCUT2D eigenvalue weighted by molar-refractivity contribution is -0.0224. The van der Waals surface area contributed by atoms with Gasteiger partial charge in [0.1, 0.15) is 0 Å². The Hall–Kier alpha value is -0.140. The van der Waals surface area contributed by atoms with E-state index in [-0.39, 0.29) is 18.8 Å². The van der Waals surface area contributed by atoms with Gasteiger partial charge in [0.25, 0.3) is 0 Å². The highest BCUT2D eigenvalue weighted by molar-refractivity contribution is 4.64. The normalized spacial score (nSPS) is 11.2. The Morgan fingerprint density at radius 1 is 0.652 bits per heavy atom. The van der Waals surface area contributed by atoms with Crippen LogP contribution in [-0.2, 0) is 0 Å². The molecule has 0 aromatic carbocycles. The highest BCUT2D eigenvalue weighted by Gasteiger charge is 2.26. The molecule has 0 bridgehead atoms. The number of rotatable bonds is 9. The zero-order valence-electron chi connectivity index (χ0n) is 17.6. The van der Waals surface area contributed by atoms with E-state index in [1.807, 2.05) is 13.8 Å². The van der Waals surface area contributed by atoms with Crippen LogP contribution in [0.25, 0.3) is 0 Å². The summed E-state index contributed by atoms with van der Waals surface area (Å²) in [6.07, 6.45) is 8.27. The van der Waals surface area contributed by atoms with Gasteiger partial charge >= 0.3 is 0 Å². The van der Waals surface area contributed by atoms with Gasteiger partial charge in [-0.2, -0.15) is 0 Å². The quantitative estimate of drug-likeness (QED) is 0.395. The van der Waals surface area contributed by atoms with E-state index >= 15 is 0 Å². The summed E-state index contributed by atoms with van der Waals surface area (Å²) in [6, 6.07) is 0. The summed E-state index contributed by atoms with van der Waals surface area (Å²) in [4.78, 5) is 0. The summed E-state index contributed by atoms with van der Waals surface area (Å²) >= 11 is 0. The third-order valence-electron chi connectivity index (χ3n) is 3.49. The molecule has 0 aliphatic heterocycles. The minimum Gasteiger partial charge on any atom is -0.207 e. The van der Waals surface area contributed by atoms with Crippen molar-refractivity contribution in [3.05, 3.63) is 0 Å². The lowest BCUT2D eigenvalue weighted by atomic mass is 10.0. The molecule has 0 saturated carbocycles. The van der Waals surface area contributed by atoms with Gasteiger partial charge in [0.05, 0.1) is 0 Å². The van der Waals surface area contributed by atoms with Gasteiger partial charge in [0, 0.05) is 12.8 Å². The molecule has 0 aromatic rings. The number of unbranched alkanes of at least 4 members (excludes halogenated alkanes) is 2. The highest BCUT2D eigenvalue weighted by atomic mass is 19.3. The van der Waals surface area contributed by atoms with Gasteiger partial charge in [-0.1, -0.05) is 101 Å². The molecule has 0 N–H and O–H groups in total. The van der Waals surface area contributed by atoms with Gasteiger partial charge < -0.3 is 0 Å². The smallest absolute Gasteiger partial charge is 0.207 e. The average molecular weight is 337 g/mol. The van der Waals surface area contributed by atoms with E-state index in [9.17, 15) is 8.78 Å². The first-order chi connectivity index (χ1) is 10.5.